The number of nitrogens with one attached hydrogen (secondary N) is 1. The summed E-state index contributed by atoms with van der Waals surface area (Å²) in [5.41, 5.74) is 5.66. The summed E-state index contributed by atoms with van der Waals surface area (Å²) in [4.78, 5) is 5.49. The van der Waals surface area contributed by atoms with Gasteiger partial charge in [-0.25, -0.2) is 4.99 Å². The summed E-state index contributed by atoms with van der Waals surface area (Å²) >= 11 is 0. The summed E-state index contributed by atoms with van der Waals surface area (Å²) in [5.74, 6) is 0.975. The van der Waals surface area contributed by atoms with Crippen molar-refractivity contribution in [3.63, 3.8) is 0 Å². The van der Waals surface area contributed by atoms with Crippen LogP contribution < -0.4 is 11.1 Å². The van der Waals surface area contributed by atoms with Crippen molar-refractivity contribution in [2.45, 2.75) is 32.9 Å². The lowest BCUT2D eigenvalue weighted by Gasteiger charge is -2.10. The molecule has 84 valence electrons. The van der Waals surface area contributed by atoms with Crippen molar-refractivity contribution in [2.24, 2.45) is 17.8 Å². The second-order valence-corrected chi connectivity index (χ2v) is 3.35. The van der Waals surface area contributed by atoms with Gasteiger partial charge in [0.05, 0.1) is 7.05 Å². The van der Waals surface area contributed by atoms with Crippen molar-refractivity contribution < 1.29 is 0 Å². The average molecular weight is 211 g/mol. The molecule has 1 unspecified atom stereocenters. The van der Waals surface area contributed by atoms with Crippen LogP contribution in [-0.4, -0.2) is 32.2 Å². The number of hydrogen-bond donors (Lipinski definition) is 2. The molecule has 1 heterocycles. The van der Waals surface area contributed by atoms with E-state index in [4.69, 9.17) is 5.73 Å². The fourth-order valence-corrected chi connectivity index (χ4v) is 0.943. The fraction of sp³-hybridized carbons (Fsp3) is 0.750. The zero-order chi connectivity index (χ0) is 11.3. The Balaban J connectivity index is 2.43. The summed E-state index contributed by atoms with van der Waals surface area (Å²) in [6.45, 7) is 4.47. The van der Waals surface area contributed by atoms with E-state index >= 15 is 0 Å². The first kappa shape index (κ1) is 11.4. The fourth-order valence-electron chi connectivity index (χ4n) is 0.943. The lowest BCUT2D eigenvalue weighted by Crippen LogP contribution is -2.38. The Kier molecular flexibility index (Phi) is 4.02. The molecule has 0 aliphatic carbocycles. The molecule has 1 atom stereocenters. The third-order valence-electron chi connectivity index (χ3n) is 1.95. The number of hydrogen-bond acceptors (Lipinski definition) is 4. The maximum absolute atomic E-state index is 5.66. The first-order valence-electron chi connectivity index (χ1n) is 4.91. The smallest absolute Gasteiger partial charge is 0.196 e. The maximum Gasteiger partial charge on any atom is 0.196 e. The Morgan fingerprint density at radius 3 is 2.93 bits per heavy atom. The van der Waals surface area contributed by atoms with Gasteiger partial charge < -0.3 is 11.1 Å². The summed E-state index contributed by atoms with van der Waals surface area (Å²) in [7, 11) is 1.71. The van der Waals surface area contributed by atoms with Gasteiger partial charge in [0, 0.05) is 6.04 Å². The normalized spacial score (nSPS) is 13.9. The monoisotopic (exact) mass is 211 g/mol. The molecule has 15 heavy (non-hydrogen) atoms. The van der Waals surface area contributed by atoms with E-state index in [0.29, 0.717) is 24.4 Å². The molecule has 0 aromatic carbocycles. The highest BCUT2D eigenvalue weighted by molar-refractivity contribution is 5.78. The lowest BCUT2D eigenvalue weighted by atomic mass is 10.3. The van der Waals surface area contributed by atoms with Crippen LogP contribution in [0, 0.1) is 0 Å². The van der Waals surface area contributed by atoms with Gasteiger partial charge >= 0.3 is 0 Å². The van der Waals surface area contributed by atoms with E-state index < -0.39 is 0 Å². The van der Waals surface area contributed by atoms with E-state index in [-0.39, 0.29) is 0 Å². The standard InChI is InChI=1S/C8H17N7/c1-4-6(2)11-8(9)10-5-7-12-14-15(3)13-7/h6H,4-5H2,1-3H3,(H3,9,10,11). The Morgan fingerprint density at radius 1 is 1.67 bits per heavy atom. The molecule has 0 saturated carbocycles. The van der Waals surface area contributed by atoms with Gasteiger partial charge in [0.1, 0.15) is 6.54 Å². The van der Waals surface area contributed by atoms with E-state index in [1.165, 1.54) is 4.80 Å². The minimum Gasteiger partial charge on any atom is -0.370 e. The minimum absolute atomic E-state index is 0.323. The molecule has 3 N–H and O–H groups in total. The molecule has 0 aliphatic heterocycles. The van der Waals surface area contributed by atoms with Crippen molar-refractivity contribution in [1.29, 1.82) is 0 Å². The quantitative estimate of drug-likeness (QED) is 0.513. The third kappa shape index (κ3) is 3.92. The van der Waals surface area contributed by atoms with Crippen LogP contribution >= 0.6 is 0 Å². The Labute approximate surface area is 88.8 Å². The number of nitrogens with zero attached hydrogens (tertiary/aromatic N) is 5. The van der Waals surface area contributed by atoms with E-state index in [0.717, 1.165) is 6.42 Å². The van der Waals surface area contributed by atoms with E-state index in [1.54, 1.807) is 7.05 Å². The van der Waals surface area contributed by atoms with E-state index in [9.17, 15) is 0 Å². The summed E-state index contributed by atoms with van der Waals surface area (Å²) in [6.07, 6.45) is 1.000. The predicted octanol–water partition coefficient (Wildman–Crippen LogP) is -0.587. The molecule has 7 heteroatoms. The van der Waals surface area contributed by atoms with E-state index in [2.05, 4.69) is 32.6 Å². The topological polar surface area (TPSA) is 94.0 Å². The van der Waals surface area contributed by atoms with Gasteiger partial charge in [-0.3, -0.25) is 0 Å². The van der Waals surface area contributed by atoms with Crippen molar-refractivity contribution >= 4 is 5.96 Å². The largest absolute Gasteiger partial charge is 0.370 e. The van der Waals surface area contributed by atoms with Crippen LogP contribution in [0.15, 0.2) is 4.99 Å². The Hall–Kier alpha value is -1.66. The molecule has 7 nitrogen and oxygen atoms in total. The zero-order valence-corrected chi connectivity index (χ0v) is 9.30. The Bertz CT molecular complexity index is 329. The summed E-state index contributed by atoms with van der Waals surface area (Å²) in [6, 6.07) is 0.323. The van der Waals surface area contributed by atoms with Crippen LogP contribution in [0.3, 0.4) is 0 Å². The number of guanidine groups is 1. The summed E-state index contributed by atoms with van der Waals surface area (Å²) in [5, 5.41) is 14.5. The number of aryl methyl sites for hydroxylation is 1. The molecule has 0 fully saturated rings. The van der Waals surface area contributed by atoms with Crippen LogP contribution in [0.25, 0.3) is 0 Å². The first-order valence-corrected chi connectivity index (χ1v) is 4.91. The molecule has 0 saturated heterocycles. The number of rotatable bonds is 4. The molecule has 0 radical (unpaired) electrons. The third-order valence-corrected chi connectivity index (χ3v) is 1.95. The van der Waals surface area contributed by atoms with E-state index in [1.807, 2.05) is 6.92 Å². The van der Waals surface area contributed by atoms with Gasteiger partial charge in [-0.1, -0.05) is 6.92 Å². The SMILES string of the molecule is CCC(C)NC(N)=NCc1nnn(C)n1. The van der Waals surface area contributed by atoms with Crippen molar-refractivity contribution in [2.75, 3.05) is 0 Å². The highest BCUT2D eigenvalue weighted by atomic mass is 15.6. The van der Waals surface area contributed by atoms with Crippen molar-refractivity contribution in [3.05, 3.63) is 5.82 Å². The maximum atomic E-state index is 5.66. The highest BCUT2D eigenvalue weighted by Gasteiger charge is 2.01. The van der Waals surface area contributed by atoms with Gasteiger partial charge in [0.15, 0.2) is 11.8 Å². The van der Waals surface area contributed by atoms with Crippen molar-refractivity contribution in [3.8, 4) is 0 Å². The second kappa shape index (κ2) is 5.28. The van der Waals surface area contributed by atoms with Crippen LogP contribution in [0.1, 0.15) is 26.1 Å². The van der Waals surface area contributed by atoms with Crippen LogP contribution in [0.5, 0.6) is 0 Å². The van der Waals surface area contributed by atoms with Crippen molar-refractivity contribution in [1.82, 2.24) is 25.5 Å². The molecule has 1 aromatic rings. The minimum atomic E-state index is 0.323. The van der Waals surface area contributed by atoms with Gasteiger partial charge in [-0.15, -0.1) is 10.2 Å². The molecule has 1 aromatic heterocycles. The second-order valence-electron chi connectivity index (χ2n) is 3.35. The first-order chi connectivity index (χ1) is 7.11. The predicted molar refractivity (Wildman–Crippen MR) is 57.0 cm³/mol. The number of aliphatic imine (C=N–C) groups is 1. The van der Waals surface area contributed by atoms with Crippen LogP contribution in [-0.2, 0) is 13.6 Å². The zero-order valence-electron chi connectivity index (χ0n) is 9.30. The molecule has 0 amide bonds. The number of aromatic nitrogens is 4. The van der Waals surface area contributed by atoms with Gasteiger partial charge in [-0.2, -0.15) is 4.80 Å². The molecule has 0 spiro atoms. The molecular weight excluding hydrogens is 194 g/mol. The summed E-state index contributed by atoms with van der Waals surface area (Å²) < 4.78 is 0. The Morgan fingerprint density at radius 2 is 2.40 bits per heavy atom. The molecule has 0 bridgehead atoms. The lowest BCUT2D eigenvalue weighted by molar-refractivity contribution is 0.626. The molecular formula is C8H17N7. The number of nitrogens with two attached hydrogens (primary N) is 1. The van der Waals surface area contributed by atoms with Gasteiger partial charge in [-0.05, 0) is 18.6 Å². The van der Waals surface area contributed by atoms with Crippen LogP contribution in [0.2, 0.25) is 0 Å². The average Bonchev–Trinajstić information content (AvgIpc) is 2.61. The van der Waals surface area contributed by atoms with Gasteiger partial charge in [0.25, 0.3) is 0 Å². The highest BCUT2D eigenvalue weighted by Crippen LogP contribution is 1.90. The number of tetrazole rings is 1. The molecule has 0 aliphatic rings. The van der Waals surface area contributed by atoms with Crippen LogP contribution in [0.4, 0.5) is 0 Å². The van der Waals surface area contributed by atoms with Gasteiger partial charge in [0.2, 0.25) is 0 Å². The molecule has 1 rings (SSSR count).